The maximum atomic E-state index is 12.1. The second kappa shape index (κ2) is 10.7. The predicted molar refractivity (Wildman–Crippen MR) is 122 cm³/mol. The van der Waals surface area contributed by atoms with Crippen LogP contribution in [0.4, 0.5) is 13.2 Å². The Morgan fingerprint density at radius 1 is 0.861 bits per heavy atom. The second-order valence-corrected chi connectivity index (χ2v) is 10.2. The van der Waals surface area contributed by atoms with Gasteiger partial charge in [-0.2, -0.15) is 21.6 Å². The van der Waals surface area contributed by atoms with Gasteiger partial charge in [-0.15, -0.1) is 0 Å². The Kier molecular flexibility index (Phi) is 8.01. The molecule has 0 amide bonds. The number of rotatable bonds is 4. The maximum Gasteiger partial charge on any atom is 0.534 e. The van der Waals surface area contributed by atoms with E-state index in [1.165, 1.54) is 17.2 Å². The van der Waals surface area contributed by atoms with Crippen LogP contribution in [0.5, 0.6) is 5.75 Å². The van der Waals surface area contributed by atoms with Gasteiger partial charge in [0.1, 0.15) is 11.5 Å². The molecule has 36 heavy (non-hydrogen) atoms. The fourth-order valence-corrected chi connectivity index (χ4v) is 5.06. The Bertz CT molecular complexity index is 1080. The molecule has 2 fully saturated rings. The SMILES string of the molecule is COc1ccccc1C1=CCC2(CC1)OCCO2.O=S(=O)(OC1=CCC2(CC1)OCCO2)C(F)(F)F. The lowest BCUT2D eigenvalue weighted by Gasteiger charge is -2.31. The first kappa shape index (κ1) is 26.9. The molecule has 1 aromatic rings. The molecule has 200 valence electrons. The van der Waals surface area contributed by atoms with E-state index in [1.54, 1.807) is 7.11 Å². The second-order valence-electron chi connectivity index (χ2n) is 8.71. The highest BCUT2D eigenvalue weighted by Gasteiger charge is 2.49. The maximum absolute atomic E-state index is 12.1. The highest BCUT2D eigenvalue weighted by Crippen LogP contribution is 2.40. The Balaban J connectivity index is 0.000000169. The van der Waals surface area contributed by atoms with Crippen LogP contribution in [0.1, 0.15) is 44.1 Å². The lowest BCUT2D eigenvalue weighted by Crippen LogP contribution is -2.33. The van der Waals surface area contributed by atoms with Gasteiger partial charge in [0.15, 0.2) is 11.6 Å². The first-order valence-corrected chi connectivity index (χ1v) is 13.1. The summed E-state index contributed by atoms with van der Waals surface area (Å²) < 4.78 is 89.4. The number of hydrogen-bond acceptors (Lipinski definition) is 8. The standard InChI is InChI=1S/C15H18O3.C9H11F3O5S/c1-16-14-5-3-2-4-13(14)12-6-8-15(9-7-12)17-10-11-18-15;10-9(11,12)18(13,14)17-7-1-3-8(4-2-7)15-5-6-16-8/h2-6H,7-11H2,1H3;1H,2-6H2. The van der Waals surface area contributed by atoms with Crippen LogP contribution in [0.3, 0.4) is 0 Å². The molecule has 2 aliphatic heterocycles. The van der Waals surface area contributed by atoms with Crippen molar-refractivity contribution in [3.63, 3.8) is 0 Å². The highest BCUT2D eigenvalue weighted by molar-refractivity contribution is 7.87. The average Bonchev–Trinajstić information content (AvgIpc) is 3.51. The summed E-state index contributed by atoms with van der Waals surface area (Å²) in [4.78, 5) is 0. The Labute approximate surface area is 208 Å². The van der Waals surface area contributed by atoms with E-state index in [0.717, 1.165) is 38.2 Å². The lowest BCUT2D eigenvalue weighted by molar-refractivity contribution is -0.163. The molecule has 0 N–H and O–H groups in total. The van der Waals surface area contributed by atoms with E-state index < -0.39 is 21.4 Å². The fraction of sp³-hybridized carbons (Fsp3) is 0.583. The molecule has 8 nitrogen and oxygen atoms in total. The number of ether oxygens (including phenoxy) is 5. The zero-order chi connectivity index (χ0) is 25.9. The third-order valence-electron chi connectivity index (χ3n) is 6.41. The minimum absolute atomic E-state index is 0.0231. The minimum atomic E-state index is -5.58. The van der Waals surface area contributed by atoms with Gasteiger partial charge in [0.05, 0.1) is 33.5 Å². The first-order chi connectivity index (χ1) is 17.1. The normalized spacial score (nSPS) is 23.0. The van der Waals surface area contributed by atoms with Gasteiger partial charge in [-0.1, -0.05) is 24.3 Å². The molecular weight excluding hydrogens is 505 g/mol. The van der Waals surface area contributed by atoms with Crippen molar-refractivity contribution < 1.29 is 49.5 Å². The van der Waals surface area contributed by atoms with Crippen molar-refractivity contribution in [3.8, 4) is 5.75 Å². The van der Waals surface area contributed by atoms with Gasteiger partial charge < -0.3 is 27.9 Å². The average molecular weight is 535 g/mol. The van der Waals surface area contributed by atoms with E-state index in [0.29, 0.717) is 13.2 Å². The zero-order valence-corrected chi connectivity index (χ0v) is 20.7. The lowest BCUT2D eigenvalue weighted by atomic mass is 9.89. The first-order valence-electron chi connectivity index (χ1n) is 11.7. The molecule has 0 aromatic heterocycles. The van der Waals surface area contributed by atoms with Crippen molar-refractivity contribution in [2.24, 2.45) is 0 Å². The molecule has 0 bridgehead atoms. The topological polar surface area (TPSA) is 89.5 Å². The largest absolute Gasteiger partial charge is 0.534 e. The van der Waals surface area contributed by atoms with Crippen molar-refractivity contribution in [1.82, 2.24) is 0 Å². The summed E-state index contributed by atoms with van der Waals surface area (Å²) in [6.45, 7) is 2.28. The number of halogens is 3. The molecule has 2 spiro atoms. The molecule has 12 heteroatoms. The van der Waals surface area contributed by atoms with Gasteiger partial charge in [0.25, 0.3) is 0 Å². The van der Waals surface area contributed by atoms with E-state index in [9.17, 15) is 21.6 Å². The number of methoxy groups -OCH3 is 1. The van der Waals surface area contributed by atoms with Crippen LogP contribution in [0.15, 0.2) is 42.2 Å². The van der Waals surface area contributed by atoms with Crippen LogP contribution >= 0.6 is 0 Å². The molecular formula is C24H29F3O8S. The zero-order valence-electron chi connectivity index (χ0n) is 19.8. The molecule has 0 radical (unpaired) electrons. The van der Waals surface area contributed by atoms with Crippen molar-refractivity contribution in [2.75, 3.05) is 33.5 Å². The number of benzene rings is 1. The van der Waals surface area contributed by atoms with Gasteiger partial charge in [-0.25, -0.2) is 0 Å². The predicted octanol–water partition coefficient (Wildman–Crippen LogP) is 4.67. The van der Waals surface area contributed by atoms with E-state index >= 15 is 0 Å². The van der Waals surface area contributed by atoms with Crippen LogP contribution in [-0.2, 0) is 33.2 Å². The van der Waals surface area contributed by atoms with E-state index in [1.807, 2.05) is 18.2 Å². The van der Waals surface area contributed by atoms with Crippen LogP contribution in [0.25, 0.3) is 5.57 Å². The van der Waals surface area contributed by atoms with Crippen LogP contribution in [0.2, 0.25) is 0 Å². The van der Waals surface area contributed by atoms with Crippen LogP contribution in [-0.4, -0.2) is 59.0 Å². The molecule has 2 saturated heterocycles. The van der Waals surface area contributed by atoms with Gasteiger partial charge in [0.2, 0.25) is 0 Å². The molecule has 5 rings (SSSR count). The summed E-state index contributed by atoms with van der Waals surface area (Å²) in [7, 11) is -3.87. The summed E-state index contributed by atoms with van der Waals surface area (Å²) in [5, 5.41) is 0. The molecule has 2 aliphatic carbocycles. The third kappa shape index (κ3) is 6.05. The van der Waals surface area contributed by atoms with E-state index in [4.69, 9.17) is 23.7 Å². The molecule has 4 aliphatic rings. The van der Waals surface area contributed by atoms with Gasteiger partial charge >= 0.3 is 15.6 Å². The van der Waals surface area contributed by atoms with E-state index in [-0.39, 0.29) is 30.8 Å². The summed E-state index contributed by atoms with van der Waals surface area (Å²) in [5.74, 6) is -0.453. The third-order valence-corrected chi connectivity index (χ3v) is 7.41. The number of alkyl halides is 3. The molecule has 0 atom stereocenters. The van der Waals surface area contributed by atoms with E-state index in [2.05, 4.69) is 16.3 Å². The molecule has 1 aromatic carbocycles. The van der Waals surface area contributed by atoms with Crippen molar-refractivity contribution in [1.29, 1.82) is 0 Å². The Hall–Kier alpha value is -2.12. The van der Waals surface area contributed by atoms with Crippen LogP contribution in [0, 0.1) is 0 Å². The van der Waals surface area contributed by atoms with Crippen molar-refractivity contribution >= 4 is 15.7 Å². The van der Waals surface area contributed by atoms with Crippen molar-refractivity contribution in [2.45, 2.75) is 55.6 Å². The van der Waals surface area contributed by atoms with Gasteiger partial charge in [0, 0.05) is 37.7 Å². The van der Waals surface area contributed by atoms with Crippen LogP contribution < -0.4 is 4.74 Å². The van der Waals surface area contributed by atoms with Crippen molar-refractivity contribution in [3.05, 3.63) is 47.7 Å². The fourth-order valence-electron chi connectivity index (χ4n) is 4.53. The Morgan fingerprint density at radius 3 is 1.89 bits per heavy atom. The molecule has 0 unspecified atom stereocenters. The number of allylic oxidation sites excluding steroid dienone is 2. The molecule has 0 saturated carbocycles. The minimum Gasteiger partial charge on any atom is -0.496 e. The summed E-state index contributed by atoms with van der Waals surface area (Å²) in [6, 6.07) is 8.16. The quantitative estimate of drug-likeness (QED) is 0.407. The van der Waals surface area contributed by atoms with Gasteiger partial charge in [-0.05, 0) is 24.1 Å². The number of hydrogen-bond donors (Lipinski definition) is 0. The summed E-state index contributed by atoms with van der Waals surface area (Å²) in [5.41, 5.74) is -2.89. The Morgan fingerprint density at radius 2 is 1.42 bits per heavy atom. The van der Waals surface area contributed by atoms with Gasteiger partial charge in [-0.3, -0.25) is 0 Å². The summed E-state index contributed by atoms with van der Waals surface area (Å²) in [6.07, 6.45) is 6.69. The monoisotopic (exact) mass is 534 g/mol. The highest BCUT2D eigenvalue weighted by atomic mass is 32.2. The summed E-state index contributed by atoms with van der Waals surface area (Å²) >= 11 is 0. The smallest absolute Gasteiger partial charge is 0.496 e. The number of para-hydroxylation sites is 1. The molecule has 2 heterocycles.